The third-order valence-electron chi connectivity index (χ3n) is 1.97. The Morgan fingerprint density at radius 1 is 1.41 bits per heavy atom. The highest BCUT2D eigenvalue weighted by atomic mass is 16.4. The Morgan fingerprint density at radius 2 is 2.06 bits per heavy atom. The number of nitrogens with two attached hydrogens (primary N) is 1. The summed E-state index contributed by atoms with van der Waals surface area (Å²) in [7, 11) is 0. The Bertz CT molecular complexity index is 279. The lowest BCUT2D eigenvalue weighted by atomic mass is 10.2. The van der Waals surface area contributed by atoms with Crippen LogP contribution in [0.1, 0.15) is 32.6 Å². The summed E-state index contributed by atoms with van der Waals surface area (Å²) in [6.45, 7) is 2.46. The van der Waals surface area contributed by atoms with Crippen LogP contribution < -0.4 is 16.4 Å². The first-order chi connectivity index (χ1) is 7.91. The van der Waals surface area contributed by atoms with Crippen molar-refractivity contribution in [3.63, 3.8) is 0 Å². The number of nitrogens with one attached hydrogen (secondary N) is 3. The Kier molecular flexibility index (Phi) is 7.70. The van der Waals surface area contributed by atoms with E-state index in [1.165, 1.54) is 0 Å². The standard InChI is InChI=1S/C10H20N4O3/c1-7(11)3-2-6-13-10(12)14-8(15)4-5-9(16)17/h7H,2-6,11H2,1H3,(H,16,17)(H3,12,13,14,15). The molecule has 0 aromatic carbocycles. The molecule has 0 aliphatic rings. The quantitative estimate of drug-likeness (QED) is 0.237. The number of rotatable bonds is 7. The SMILES string of the molecule is CC(N)CCCNC(=N)NC(=O)CCC(=O)O. The Hall–Kier alpha value is -1.63. The van der Waals surface area contributed by atoms with Gasteiger partial charge in [0.05, 0.1) is 6.42 Å². The number of carboxylic acids is 1. The molecule has 0 bridgehead atoms. The van der Waals surface area contributed by atoms with Crippen molar-refractivity contribution in [2.45, 2.75) is 38.6 Å². The predicted molar refractivity (Wildman–Crippen MR) is 63.6 cm³/mol. The molecule has 0 rings (SSSR count). The zero-order valence-corrected chi connectivity index (χ0v) is 9.95. The summed E-state index contributed by atoms with van der Waals surface area (Å²) in [6.07, 6.45) is 1.29. The van der Waals surface area contributed by atoms with Gasteiger partial charge in [0.2, 0.25) is 5.91 Å². The average Bonchev–Trinajstić information content (AvgIpc) is 2.21. The molecule has 1 unspecified atom stereocenters. The first-order valence-electron chi connectivity index (χ1n) is 5.51. The fourth-order valence-corrected chi connectivity index (χ4v) is 1.10. The number of carbonyl (C=O) groups is 2. The van der Waals surface area contributed by atoms with Crippen LogP contribution in [0.5, 0.6) is 0 Å². The normalized spacial score (nSPS) is 11.6. The second-order valence-corrected chi connectivity index (χ2v) is 3.86. The number of hydrogen-bond acceptors (Lipinski definition) is 4. The highest BCUT2D eigenvalue weighted by Gasteiger charge is 2.06. The van der Waals surface area contributed by atoms with Gasteiger partial charge in [-0.15, -0.1) is 0 Å². The molecular formula is C10H20N4O3. The van der Waals surface area contributed by atoms with Gasteiger partial charge in [0, 0.05) is 19.0 Å². The summed E-state index contributed by atoms with van der Waals surface area (Å²) in [5.74, 6) is -1.61. The molecule has 0 fully saturated rings. The third-order valence-corrected chi connectivity index (χ3v) is 1.97. The topological polar surface area (TPSA) is 128 Å². The Labute approximate surface area is 100 Å². The molecule has 0 aliphatic carbocycles. The van der Waals surface area contributed by atoms with E-state index < -0.39 is 11.9 Å². The molecule has 7 heteroatoms. The molecule has 0 heterocycles. The second kappa shape index (κ2) is 8.51. The minimum atomic E-state index is -1.03. The van der Waals surface area contributed by atoms with E-state index in [1.807, 2.05) is 6.92 Å². The van der Waals surface area contributed by atoms with Crippen LogP contribution >= 0.6 is 0 Å². The van der Waals surface area contributed by atoms with Gasteiger partial charge in [-0.3, -0.25) is 20.3 Å². The maximum Gasteiger partial charge on any atom is 0.303 e. The van der Waals surface area contributed by atoms with E-state index in [4.69, 9.17) is 16.2 Å². The van der Waals surface area contributed by atoms with Crippen LogP contribution in [-0.2, 0) is 9.59 Å². The van der Waals surface area contributed by atoms with Crippen molar-refractivity contribution in [1.82, 2.24) is 10.6 Å². The second-order valence-electron chi connectivity index (χ2n) is 3.86. The van der Waals surface area contributed by atoms with Gasteiger partial charge in [-0.2, -0.15) is 0 Å². The van der Waals surface area contributed by atoms with Crippen molar-refractivity contribution >= 4 is 17.8 Å². The van der Waals surface area contributed by atoms with Gasteiger partial charge in [0.25, 0.3) is 0 Å². The lowest BCUT2D eigenvalue weighted by Gasteiger charge is -2.09. The summed E-state index contributed by atoms with van der Waals surface area (Å²) < 4.78 is 0. The molecule has 0 saturated carbocycles. The lowest BCUT2D eigenvalue weighted by molar-refractivity contribution is -0.138. The summed E-state index contributed by atoms with van der Waals surface area (Å²) >= 11 is 0. The van der Waals surface area contributed by atoms with Crippen molar-refractivity contribution in [1.29, 1.82) is 5.41 Å². The van der Waals surface area contributed by atoms with Crippen LogP contribution in [0.25, 0.3) is 0 Å². The van der Waals surface area contributed by atoms with Crippen molar-refractivity contribution in [3.8, 4) is 0 Å². The van der Waals surface area contributed by atoms with Crippen molar-refractivity contribution < 1.29 is 14.7 Å². The van der Waals surface area contributed by atoms with Crippen LogP contribution in [-0.4, -0.2) is 35.5 Å². The first kappa shape index (κ1) is 15.4. The molecule has 0 aromatic heterocycles. The average molecular weight is 244 g/mol. The van der Waals surface area contributed by atoms with Crippen LogP contribution in [0.2, 0.25) is 0 Å². The summed E-state index contributed by atoms with van der Waals surface area (Å²) in [6, 6.07) is 0.121. The summed E-state index contributed by atoms with van der Waals surface area (Å²) in [4.78, 5) is 21.3. The Balaban J connectivity index is 3.57. The molecule has 6 N–H and O–H groups in total. The third kappa shape index (κ3) is 10.6. The molecule has 98 valence electrons. The smallest absolute Gasteiger partial charge is 0.303 e. The number of aliphatic carboxylic acids is 1. The monoisotopic (exact) mass is 244 g/mol. The maximum atomic E-state index is 11.1. The number of amides is 1. The number of carboxylic acid groups (broad SMARTS) is 1. The maximum absolute atomic E-state index is 11.1. The number of hydrogen-bond donors (Lipinski definition) is 5. The van der Waals surface area contributed by atoms with Crippen LogP contribution in [0, 0.1) is 5.41 Å². The van der Waals surface area contributed by atoms with E-state index in [0.29, 0.717) is 6.54 Å². The van der Waals surface area contributed by atoms with Gasteiger partial charge in [0.15, 0.2) is 5.96 Å². The molecule has 0 aliphatic heterocycles. The molecule has 0 saturated heterocycles. The molecule has 1 atom stereocenters. The molecular weight excluding hydrogens is 224 g/mol. The van der Waals surface area contributed by atoms with Gasteiger partial charge in [-0.05, 0) is 19.8 Å². The minimum absolute atomic E-state index is 0.106. The van der Waals surface area contributed by atoms with E-state index in [1.54, 1.807) is 0 Å². The highest BCUT2D eigenvalue weighted by Crippen LogP contribution is 1.91. The summed E-state index contributed by atoms with van der Waals surface area (Å²) in [5.41, 5.74) is 5.55. The number of carbonyl (C=O) groups excluding carboxylic acids is 1. The van der Waals surface area contributed by atoms with Gasteiger partial charge in [-0.25, -0.2) is 0 Å². The molecule has 1 amide bonds. The molecule has 7 nitrogen and oxygen atoms in total. The van der Waals surface area contributed by atoms with E-state index >= 15 is 0 Å². The molecule has 0 spiro atoms. The van der Waals surface area contributed by atoms with Gasteiger partial charge in [0.1, 0.15) is 0 Å². The zero-order chi connectivity index (χ0) is 13.3. The summed E-state index contributed by atoms with van der Waals surface area (Å²) in [5, 5.41) is 20.7. The van der Waals surface area contributed by atoms with Gasteiger partial charge < -0.3 is 16.2 Å². The fourth-order valence-electron chi connectivity index (χ4n) is 1.10. The van der Waals surface area contributed by atoms with Crippen LogP contribution in [0.15, 0.2) is 0 Å². The zero-order valence-electron chi connectivity index (χ0n) is 9.95. The largest absolute Gasteiger partial charge is 0.481 e. The van der Waals surface area contributed by atoms with Crippen LogP contribution in [0.4, 0.5) is 0 Å². The first-order valence-corrected chi connectivity index (χ1v) is 5.51. The van der Waals surface area contributed by atoms with Gasteiger partial charge in [-0.1, -0.05) is 0 Å². The van der Waals surface area contributed by atoms with Crippen LogP contribution in [0.3, 0.4) is 0 Å². The number of guanidine groups is 1. The van der Waals surface area contributed by atoms with E-state index in [9.17, 15) is 9.59 Å². The molecule has 0 aromatic rings. The molecule has 0 radical (unpaired) electrons. The minimum Gasteiger partial charge on any atom is -0.481 e. The predicted octanol–water partition coefficient (Wildman–Crippen LogP) is -0.381. The van der Waals surface area contributed by atoms with E-state index in [0.717, 1.165) is 12.8 Å². The fraction of sp³-hybridized carbons (Fsp3) is 0.700. The van der Waals surface area contributed by atoms with Crippen molar-refractivity contribution in [3.05, 3.63) is 0 Å². The Morgan fingerprint density at radius 3 is 2.59 bits per heavy atom. The van der Waals surface area contributed by atoms with Gasteiger partial charge >= 0.3 is 5.97 Å². The molecule has 17 heavy (non-hydrogen) atoms. The highest BCUT2D eigenvalue weighted by molar-refractivity contribution is 5.96. The van der Waals surface area contributed by atoms with E-state index in [-0.39, 0.29) is 24.8 Å². The van der Waals surface area contributed by atoms with E-state index in [2.05, 4.69) is 10.6 Å². The van der Waals surface area contributed by atoms with Crippen molar-refractivity contribution in [2.75, 3.05) is 6.54 Å². The lowest BCUT2D eigenvalue weighted by Crippen LogP contribution is -2.40. The van der Waals surface area contributed by atoms with Crippen molar-refractivity contribution in [2.24, 2.45) is 5.73 Å².